The van der Waals surface area contributed by atoms with Gasteiger partial charge in [-0.15, -0.1) is 0 Å². The van der Waals surface area contributed by atoms with Crippen molar-refractivity contribution in [2.75, 3.05) is 26.3 Å². The zero-order valence-corrected chi connectivity index (χ0v) is 13.9. The van der Waals surface area contributed by atoms with Gasteiger partial charge in [0.1, 0.15) is 0 Å². The number of pyridine rings is 1. The zero-order chi connectivity index (χ0) is 17.4. The van der Waals surface area contributed by atoms with E-state index in [9.17, 15) is 13.6 Å². The Bertz CT molecular complexity index is 505. The first-order valence-electron chi connectivity index (χ1n) is 8.38. The highest BCUT2D eigenvalue weighted by molar-refractivity contribution is 5.94. The van der Waals surface area contributed by atoms with Gasteiger partial charge < -0.3 is 14.4 Å². The van der Waals surface area contributed by atoms with E-state index in [1.807, 2.05) is 6.92 Å². The molecule has 5 nitrogen and oxygen atoms in total. The summed E-state index contributed by atoms with van der Waals surface area (Å²) >= 11 is 0. The number of halogens is 2. The molecule has 1 aliphatic rings. The molecule has 0 aliphatic carbocycles. The summed E-state index contributed by atoms with van der Waals surface area (Å²) in [6, 6.07) is 3.00. The molecule has 2 rings (SSSR count). The van der Waals surface area contributed by atoms with Crippen LogP contribution in [0.25, 0.3) is 0 Å². The molecule has 1 atom stereocenters. The second-order valence-electron chi connectivity index (χ2n) is 5.83. The predicted molar refractivity (Wildman–Crippen MR) is 85.5 cm³/mol. The summed E-state index contributed by atoms with van der Waals surface area (Å²) in [6.45, 7) is 3.26. The highest BCUT2D eigenvalue weighted by Gasteiger charge is 2.22. The molecule has 0 spiro atoms. The minimum atomic E-state index is -2.55. The third kappa shape index (κ3) is 5.70. The maximum absolute atomic E-state index is 12.7. The topological polar surface area (TPSA) is 51.7 Å². The second-order valence-corrected chi connectivity index (χ2v) is 5.83. The fourth-order valence-corrected chi connectivity index (χ4v) is 2.67. The number of hydrogen-bond donors (Lipinski definition) is 0. The molecule has 0 N–H and O–H groups in total. The maximum atomic E-state index is 12.7. The first-order chi connectivity index (χ1) is 11.6. The quantitative estimate of drug-likeness (QED) is 0.728. The van der Waals surface area contributed by atoms with E-state index in [-0.39, 0.29) is 17.9 Å². The van der Waals surface area contributed by atoms with Crippen LogP contribution in [-0.4, -0.2) is 54.6 Å². The van der Waals surface area contributed by atoms with Crippen molar-refractivity contribution in [1.82, 2.24) is 9.88 Å². The molecule has 1 saturated heterocycles. The van der Waals surface area contributed by atoms with Crippen LogP contribution in [0.2, 0.25) is 0 Å². The van der Waals surface area contributed by atoms with Crippen molar-refractivity contribution < 1.29 is 23.0 Å². The van der Waals surface area contributed by atoms with E-state index in [1.54, 1.807) is 11.0 Å². The number of aromatic nitrogens is 1. The predicted octanol–water partition coefficient (Wildman–Crippen LogP) is 3.15. The van der Waals surface area contributed by atoms with Gasteiger partial charge in [0.05, 0.1) is 11.7 Å². The van der Waals surface area contributed by atoms with Gasteiger partial charge in [-0.3, -0.25) is 4.79 Å². The molecule has 1 aromatic rings. The van der Waals surface area contributed by atoms with Crippen LogP contribution in [0.3, 0.4) is 0 Å². The second kappa shape index (κ2) is 9.52. The lowest BCUT2D eigenvalue weighted by Crippen LogP contribution is -2.40. The molecular formula is C17H24F2N2O3. The monoisotopic (exact) mass is 342 g/mol. The van der Waals surface area contributed by atoms with Gasteiger partial charge in [-0.25, -0.2) is 13.8 Å². The molecule has 134 valence electrons. The molecule has 2 heterocycles. The average molecular weight is 342 g/mol. The first-order valence-corrected chi connectivity index (χ1v) is 8.38. The standard InChI is InChI=1S/C17H24F2N2O3/c1-2-8-21(11-14-5-3-4-9-23-14)17(22)13-6-7-16(20-10-13)24-12-15(18)19/h6-7,10,14-15H,2-5,8-9,11-12H2,1H3. The highest BCUT2D eigenvalue weighted by atomic mass is 19.3. The van der Waals surface area contributed by atoms with Crippen molar-refractivity contribution in [3.63, 3.8) is 0 Å². The van der Waals surface area contributed by atoms with E-state index in [0.29, 0.717) is 18.7 Å². The van der Waals surface area contributed by atoms with Crippen LogP contribution < -0.4 is 4.74 Å². The van der Waals surface area contributed by atoms with Gasteiger partial charge >= 0.3 is 0 Å². The molecule has 0 radical (unpaired) electrons. The zero-order valence-electron chi connectivity index (χ0n) is 13.9. The molecule has 1 unspecified atom stereocenters. The Morgan fingerprint density at radius 1 is 1.46 bits per heavy atom. The van der Waals surface area contributed by atoms with E-state index in [0.717, 1.165) is 32.3 Å². The molecule has 24 heavy (non-hydrogen) atoms. The van der Waals surface area contributed by atoms with E-state index >= 15 is 0 Å². The van der Waals surface area contributed by atoms with E-state index < -0.39 is 13.0 Å². The van der Waals surface area contributed by atoms with Gasteiger partial charge in [0.2, 0.25) is 5.88 Å². The molecule has 0 saturated carbocycles. The van der Waals surface area contributed by atoms with Crippen molar-refractivity contribution in [2.24, 2.45) is 0 Å². The Morgan fingerprint density at radius 2 is 2.29 bits per heavy atom. The summed E-state index contributed by atoms with van der Waals surface area (Å²) in [5.74, 6) is -0.0385. The molecule has 7 heteroatoms. The van der Waals surface area contributed by atoms with Crippen LogP contribution in [-0.2, 0) is 4.74 Å². The molecule has 1 aliphatic heterocycles. The Kier molecular flexibility index (Phi) is 7.36. The Balaban J connectivity index is 1.97. The lowest BCUT2D eigenvalue weighted by molar-refractivity contribution is -0.00385. The SMILES string of the molecule is CCCN(CC1CCCCO1)C(=O)c1ccc(OCC(F)F)nc1. The largest absolute Gasteiger partial charge is 0.472 e. The molecule has 1 amide bonds. The highest BCUT2D eigenvalue weighted by Crippen LogP contribution is 2.16. The van der Waals surface area contributed by atoms with Crippen LogP contribution in [0, 0.1) is 0 Å². The maximum Gasteiger partial charge on any atom is 0.272 e. The van der Waals surface area contributed by atoms with Gasteiger partial charge in [-0.1, -0.05) is 6.92 Å². The first kappa shape index (κ1) is 18.6. The van der Waals surface area contributed by atoms with E-state index in [2.05, 4.69) is 4.98 Å². The summed E-state index contributed by atoms with van der Waals surface area (Å²) in [6.07, 6.45) is 2.90. The molecule has 1 fully saturated rings. The number of alkyl halides is 2. The lowest BCUT2D eigenvalue weighted by Gasteiger charge is -2.29. The van der Waals surface area contributed by atoms with Gasteiger partial charge in [0.25, 0.3) is 12.3 Å². The minimum absolute atomic E-state index is 0.0795. The van der Waals surface area contributed by atoms with Crippen LogP contribution in [0.1, 0.15) is 43.0 Å². The number of carbonyl (C=O) groups excluding carboxylic acids is 1. The third-order valence-electron chi connectivity index (χ3n) is 3.82. The molecule has 0 bridgehead atoms. The summed E-state index contributed by atoms with van der Waals surface area (Å²) < 4.78 is 34.8. The minimum Gasteiger partial charge on any atom is -0.472 e. The smallest absolute Gasteiger partial charge is 0.272 e. The fraction of sp³-hybridized carbons (Fsp3) is 0.647. The number of ether oxygens (including phenoxy) is 2. The Hall–Kier alpha value is -1.76. The summed E-state index contributed by atoms with van der Waals surface area (Å²) in [7, 11) is 0. The number of carbonyl (C=O) groups is 1. The fourth-order valence-electron chi connectivity index (χ4n) is 2.67. The summed E-state index contributed by atoms with van der Waals surface area (Å²) in [4.78, 5) is 18.4. The van der Waals surface area contributed by atoms with Gasteiger partial charge in [0, 0.05) is 32.0 Å². The van der Waals surface area contributed by atoms with Crippen LogP contribution in [0.4, 0.5) is 8.78 Å². The Morgan fingerprint density at radius 3 is 2.88 bits per heavy atom. The normalized spacial score (nSPS) is 17.8. The summed E-state index contributed by atoms with van der Waals surface area (Å²) in [5.41, 5.74) is 0.420. The van der Waals surface area contributed by atoms with Crippen molar-refractivity contribution in [2.45, 2.75) is 45.1 Å². The van der Waals surface area contributed by atoms with Crippen LogP contribution >= 0.6 is 0 Å². The van der Waals surface area contributed by atoms with Crippen LogP contribution in [0.15, 0.2) is 18.3 Å². The number of hydrogen-bond acceptors (Lipinski definition) is 4. The third-order valence-corrected chi connectivity index (χ3v) is 3.82. The van der Waals surface area contributed by atoms with Crippen molar-refractivity contribution in [3.8, 4) is 5.88 Å². The van der Waals surface area contributed by atoms with Crippen molar-refractivity contribution in [1.29, 1.82) is 0 Å². The van der Waals surface area contributed by atoms with E-state index in [1.165, 1.54) is 12.3 Å². The number of nitrogens with zero attached hydrogens (tertiary/aromatic N) is 2. The Labute approximate surface area is 141 Å². The van der Waals surface area contributed by atoms with Gasteiger partial charge in [-0.2, -0.15) is 0 Å². The van der Waals surface area contributed by atoms with Crippen molar-refractivity contribution >= 4 is 5.91 Å². The molecule has 1 aromatic heterocycles. The number of amides is 1. The lowest BCUT2D eigenvalue weighted by atomic mass is 10.1. The number of rotatable bonds is 8. The van der Waals surface area contributed by atoms with E-state index in [4.69, 9.17) is 9.47 Å². The molecular weight excluding hydrogens is 318 g/mol. The average Bonchev–Trinajstić information content (AvgIpc) is 2.60. The van der Waals surface area contributed by atoms with Gasteiger partial charge in [-0.05, 0) is 31.7 Å². The van der Waals surface area contributed by atoms with Crippen molar-refractivity contribution in [3.05, 3.63) is 23.9 Å². The van der Waals surface area contributed by atoms with Gasteiger partial charge in [0.15, 0.2) is 6.61 Å². The summed E-state index contributed by atoms with van der Waals surface area (Å²) in [5, 5.41) is 0. The van der Waals surface area contributed by atoms with Crippen LogP contribution in [0.5, 0.6) is 5.88 Å². The molecule has 0 aromatic carbocycles.